The highest BCUT2D eigenvalue weighted by Crippen LogP contribution is 2.19. The van der Waals surface area contributed by atoms with E-state index in [1.165, 1.54) is 0 Å². The van der Waals surface area contributed by atoms with Crippen LogP contribution in [0.2, 0.25) is 0 Å². The first kappa shape index (κ1) is 14.1. The minimum Gasteiger partial charge on any atom is -0.490 e. The van der Waals surface area contributed by atoms with Gasteiger partial charge in [-0.3, -0.25) is 0 Å². The third kappa shape index (κ3) is 3.83. The molecule has 0 spiro atoms. The van der Waals surface area contributed by atoms with Crippen molar-refractivity contribution in [1.82, 2.24) is 0 Å². The van der Waals surface area contributed by atoms with Gasteiger partial charge in [0, 0.05) is 0 Å². The van der Waals surface area contributed by atoms with Crippen LogP contribution in [0.15, 0.2) is 54.6 Å². The monoisotopic (exact) mass is 272 g/mol. The molecule has 20 heavy (non-hydrogen) atoms. The number of hydrogen-bond acceptors (Lipinski definition) is 4. The van der Waals surface area contributed by atoms with Gasteiger partial charge in [0.05, 0.1) is 6.61 Å². The number of rotatable bonds is 6. The zero-order valence-electron chi connectivity index (χ0n) is 11.0. The van der Waals surface area contributed by atoms with Crippen molar-refractivity contribution in [3.05, 3.63) is 65.7 Å². The quantitative estimate of drug-likeness (QED) is 0.820. The molecule has 0 saturated heterocycles. The highest BCUT2D eigenvalue weighted by Gasteiger charge is 2.13. The van der Waals surface area contributed by atoms with Crippen LogP contribution in [0.5, 0.6) is 5.75 Å². The Labute approximate surface area is 117 Å². The standard InChI is InChI=1S/C16H16O4/c17-10-11-19-15-9-5-4-8-14(15)16(18)20-12-13-6-2-1-3-7-13/h1-9,17H,10-12H2. The van der Waals surface area contributed by atoms with Gasteiger partial charge in [-0.1, -0.05) is 42.5 Å². The smallest absolute Gasteiger partial charge is 0.342 e. The number of aliphatic hydroxyl groups is 1. The molecule has 0 heterocycles. The lowest BCUT2D eigenvalue weighted by atomic mass is 10.2. The Hall–Kier alpha value is -2.33. The van der Waals surface area contributed by atoms with E-state index in [0.29, 0.717) is 11.3 Å². The Morgan fingerprint density at radius 2 is 1.70 bits per heavy atom. The van der Waals surface area contributed by atoms with Crippen LogP contribution in [0.4, 0.5) is 0 Å². The van der Waals surface area contributed by atoms with Crippen LogP contribution in [0, 0.1) is 0 Å². The van der Waals surface area contributed by atoms with Crippen molar-refractivity contribution in [2.75, 3.05) is 13.2 Å². The fourth-order valence-electron chi connectivity index (χ4n) is 1.72. The van der Waals surface area contributed by atoms with E-state index < -0.39 is 5.97 Å². The van der Waals surface area contributed by atoms with Crippen LogP contribution in [-0.2, 0) is 11.3 Å². The van der Waals surface area contributed by atoms with Gasteiger partial charge < -0.3 is 14.6 Å². The molecule has 0 atom stereocenters. The molecule has 0 aliphatic heterocycles. The van der Waals surface area contributed by atoms with Crippen LogP contribution in [0.1, 0.15) is 15.9 Å². The van der Waals surface area contributed by atoms with Crippen LogP contribution in [0.25, 0.3) is 0 Å². The third-order valence-electron chi connectivity index (χ3n) is 2.67. The summed E-state index contributed by atoms with van der Waals surface area (Å²) in [5.74, 6) is -0.0259. The van der Waals surface area contributed by atoms with E-state index in [0.717, 1.165) is 5.56 Å². The predicted molar refractivity (Wildman–Crippen MR) is 74.6 cm³/mol. The Bertz CT molecular complexity index is 551. The second-order valence-corrected chi connectivity index (χ2v) is 4.13. The largest absolute Gasteiger partial charge is 0.490 e. The summed E-state index contributed by atoms with van der Waals surface area (Å²) in [6.45, 7) is 0.254. The van der Waals surface area contributed by atoms with Gasteiger partial charge in [-0.15, -0.1) is 0 Å². The summed E-state index contributed by atoms with van der Waals surface area (Å²) in [6.07, 6.45) is 0. The number of carbonyl (C=O) groups excluding carboxylic acids is 1. The number of para-hydroxylation sites is 1. The zero-order chi connectivity index (χ0) is 14.2. The number of aliphatic hydroxyl groups excluding tert-OH is 1. The average molecular weight is 272 g/mol. The molecule has 104 valence electrons. The van der Waals surface area contributed by atoms with Crippen molar-refractivity contribution in [3.63, 3.8) is 0 Å². The van der Waals surface area contributed by atoms with Crippen molar-refractivity contribution < 1.29 is 19.4 Å². The molecule has 0 saturated carbocycles. The minimum atomic E-state index is -0.442. The fourth-order valence-corrected chi connectivity index (χ4v) is 1.72. The van der Waals surface area contributed by atoms with Gasteiger partial charge in [0.1, 0.15) is 24.5 Å². The molecule has 4 nitrogen and oxygen atoms in total. The Morgan fingerprint density at radius 1 is 1.00 bits per heavy atom. The van der Waals surface area contributed by atoms with Gasteiger partial charge in [0.15, 0.2) is 0 Å². The topological polar surface area (TPSA) is 55.8 Å². The fraction of sp³-hybridized carbons (Fsp3) is 0.188. The van der Waals surface area contributed by atoms with Gasteiger partial charge in [-0.2, -0.15) is 0 Å². The normalized spacial score (nSPS) is 10.1. The van der Waals surface area contributed by atoms with Gasteiger partial charge in [-0.05, 0) is 17.7 Å². The van der Waals surface area contributed by atoms with E-state index in [4.69, 9.17) is 14.6 Å². The zero-order valence-corrected chi connectivity index (χ0v) is 11.0. The molecule has 0 aliphatic rings. The molecule has 0 amide bonds. The number of carbonyl (C=O) groups is 1. The summed E-state index contributed by atoms with van der Waals surface area (Å²) >= 11 is 0. The maximum Gasteiger partial charge on any atom is 0.342 e. The summed E-state index contributed by atoms with van der Waals surface area (Å²) in [5.41, 5.74) is 1.28. The number of benzene rings is 2. The molecule has 2 rings (SSSR count). The summed E-state index contributed by atoms with van der Waals surface area (Å²) in [7, 11) is 0. The lowest BCUT2D eigenvalue weighted by Crippen LogP contribution is -2.10. The number of esters is 1. The van der Waals surface area contributed by atoms with Crippen molar-refractivity contribution in [2.45, 2.75) is 6.61 Å². The average Bonchev–Trinajstić information content (AvgIpc) is 2.52. The lowest BCUT2D eigenvalue weighted by molar-refractivity contribution is 0.0467. The van der Waals surface area contributed by atoms with Crippen molar-refractivity contribution in [1.29, 1.82) is 0 Å². The van der Waals surface area contributed by atoms with Gasteiger partial charge in [-0.25, -0.2) is 4.79 Å². The first-order chi connectivity index (χ1) is 9.81. The molecule has 0 radical (unpaired) electrons. The molecule has 0 unspecified atom stereocenters. The maximum atomic E-state index is 12.0. The third-order valence-corrected chi connectivity index (χ3v) is 2.67. The SMILES string of the molecule is O=C(OCc1ccccc1)c1ccccc1OCCO. The van der Waals surface area contributed by atoms with E-state index in [1.54, 1.807) is 24.3 Å². The molecular formula is C16H16O4. The Morgan fingerprint density at radius 3 is 2.45 bits per heavy atom. The first-order valence-electron chi connectivity index (χ1n) is 6.35. The first-order valence-corrected chi connectivity index (χ1v) is 6.35. The molecule has 0 aromatic heterocycles. The van der Waals surface area contributed by atoms with E-state index >= 15 is 0 Å². The second-order valence-electron chi connectivity index (χ2n) is 4.13. The van der Waals surface area contributed by atoms with Crippen LogP contribution in [-0.4, -0.2) is 24.3 Å². The van der Waals surface area contributed by atoms with Crippen molar-refractivity contribution >= 4 is 5.97 Å². The molecule has 0 bridgehead atoms. The molecule has 0 fully saturated rings. The Balaban J connectivity index is 2.01. The van der Waals surface area contributed by atoms with E-state index in [-0.39, 0.29) is 19.8 Å². The lowest BCUT2D eigenvalue weighted by Gasteiger charge is -2.10. The molecule has 0 aliphatic carbocycles. The second kappa shape index (κ2) is 7.31. The van der Waals surface area contributed by atoms with Gasteiger partial charge in [0.25, 0.3) is 0 Å². The van der Waals surface area contributed by atoms with Crippen molar-refractivity contribution in [3.8, 4) is 5.75 Å². The van der Waals surface area contributed by atoms with Crippen LogP contribution >= 0.6 is 0 Å². The van der Waals surface area contributed by atoms with E-state index in [2.05, 4.69) is 0 Å². The molecular weight excluding hydrogens is 256 g/mol. The minimum absolute atomic E-state index is 0.104. The van der Waals surface area contributed by atoms with E-state index in [9.17, 15) is 4.79 Å². The summed E-state index contributed by atoms with van der Waals surface area (Å²) in [4.78, 5) is 12.0. The number of hydrogen-bond donors (Lipinski definition) is 1. The molecule has 2 aromatic carbocycles. The highest BCUT2D eigenvalue weighted by molar-refractivity contribution is 5.92. The molecule has 4 heteroatoms. The summed E-state index contributed by atoms with van der Waals surface area (Å²) < 4.78 is 10.6. The van der Waals surface area contributed by atoms with Crippen molar-refractivity contribution in [2.24, 2.45) is 0 Å². The van der Waals surface area contributed by atoms with Gasteiger partial charge >= 0.3 is 5.97 Å². The molecule has 2 aromatic rings. The highest BCUT2D eigenvalue weighted by atomic mass is 16.5. The van der Waals surface area contributed by atoms with Gasteiger partial charge in [0.2, 0.25) is 0 Å². The predicted octanol–water partition coefficient (Wildman–Crippen LogP) is 2.41. The summed E-state index contributed by atoms with van der Waals surface area (Å²) in [6, 6.07) is 16.3. The Kier molecular flexibility index (Phi) is 5.15. The maximum absolute atomic E-state index is 12.0. The summed E-state index contributed by atoms with van der Waals surface area (Å²) in [5, 5.41) is 8.77. The van der Waals surface area contributed by atoms with Crippen LogP contribution in [0.3, 0.4) is 0 Å². The van der Waals surface area contributed by atoms with E-state index in [1.807, 2.05) is 30.3 Å². The number of ether oxygens (including phenoxy) is 2. The van der Waals surface area contributed by atoms with Crippen LogP contribution < -0.4 is 4.74 Å². The molecule has 1 N–H and O–H groups in total.